The SMILES string of the molecule is CCOc1c(C)cc(C)cc1-c1cc(N)n[nH]1. The van der Waals surface area contributed by atoms with E-state index in [1.807, 2.05) is 19.9 Å². The molecular weight excluding hydrogens is 214 g/mol. The molecule has 0 fully saturated rings. The fourth-order valence-corrected chi connectivity index (χ4v) is 1.97. The summed E-state index contributed by atoms with van der Waals surface area (Å²) in [5.41, 5.74) is 9.84. The van der Waals surface area contributed by atoms with Gasteiger partial charge in [0.1, 0.15) is 11.6 Å². The van der Waals surface area contributed by atoms with Gasteiger partial charge in [-0.1, -0.05) is 6.07 Å². The van der Waals surface area contributed by atoms with E-state index in [9.17, 15) is 0 Å². The molecule has 0 bridgehead atoms. The minimum Gasteiger partial charge on any atom is -0.493 e. The third-order valence-corrected chi connectivity index (χ3v) is 2.60. The summed E-state index contributed by atoms with van der Waals surface area (Å²) >= 11 is 0. The quantitative estimate of drug-likeness (QED) is 0.853. The number of aromatic amines is 1. The molecule has 17 heavy (non-hydrogen) atoms. The molecule has 2 rings (SSSR count). The van der Waals surface area contributed by atoms with Gasteiger partial charge >= 0.3 is 0 Å². The van der Waals surface area contributed by atoms with Crippen molar-refractivity contribution in [1.82, 2.24) is 10.2 Å². The van der Waals surface area contributed by atoms with E-state index in [0.29, 0.717) is 12.4 Å². The van der Waals surface area contributed by atoms with Crippen molar-refractivity contribution in [3.8, 4) is 17.0 Å². The van der Waals surface area contributed by atoms with Gasteiger partial charge in [-0.15, -0.1) is 0 Å². The van der Waals surface area contributed by atoms with Crippen molar-refractivity contribution in [2.45, 2.75) is 20.8 Å². The summed E-state index contributed by atoms with van der Waals surface area (Å²) in [6.07, 6.45) is 0. The zero-order chi connectivity index (χ0) is 12.4. The van der Waals surface area contributed by atoms with Crippen molar-refractivity contribution in [1.29, 1.82) is 0 Å². The van der Waals surface area contributed by atoms with Gasteiger partial charge in [0, 0.05) is 11.6 Å². The molecule has 0 unspecified atom stereocenters. The van der Waals surface area contributed by atoms with Crippen molar-refractivity contribution in [3.05, 3.63) is 29.3 Å². The third kappa shape index (κ3) is 2.25. The van der Waals surface area contributed by atoms with Crippen molar-refractivity contribution < 1.29 is 4.74 Å². The highest BCUT2D eigenvalue weighted by Crippen LogP contribution is 2.33. The number of rotatable bonds is 3. The van der Waals surface area contributed by atoms with Gasteiger partial charge < -0.3 is 10.5 Å². The first-order chi connectivity index (χ1) is 8.11. The summed E-state index contributed by atoms with van der Waals surface area (Å²) in [6.45, 7) is 6.72. The topological polar surface area (TPSA) is 63.9 Å². The van der Waals surface area contributed by atoms with Gasteiger partial charge in [0.25, 0.3) is 0 Å². The van der Waals surface area contributed by atoms with Crippen LogP contribution in [0, 0.1) is 13.8 Å². The lowest BCUT2D eigenvalue weighted by Gasteiger charge is -2.13. The molecule has 1 aromatic heterocycles. The van der Waals surface area contributed by atoms with E-state index in [2.05, 4.69) is 29.3 Å². The molecule has 1 aromatic carbocycles. The van der Waals surface area contributed by atoms with Crippen molar-refractivity contribution in [2.24, 2.45) is 0 Å². The smallest absolute Gasteiger partial charge is 0.145 e. The molecule has 0 saturated heterocycles. The predicted octanol–water partition coefficient (Wildman–Crippen LogP) is 2.67. The molecule has 0 aliphatic heterocycles. The number of hydrogen-bond acceptors (Lipinski definition) is 3. The molecule has 0 radical (unpaired) electrons. The molecule has 0 atom stereocenters. The third-order valence-electron chi connectivity index (χ3n) is 2.60. The van der Waals surface area contributed by atoms with Crippen LogP contribution in [0.4, 0.5) is 5.82 Å². The zero-order valence-corrected chi connectivity index (χ0v) is 10.4. The average molecular weight is 231 g/mol. The summed E-state index contributed by atoms with van der Waals surface area (Å²) in [4.78, 5) is 0. The van der Waals surface area contributed by atoms with E-state index >= 15 is 0 Å². The van der Waals surface area contributed by atoms with Crippen LogP contribution in [-0.4, -0.2) is 16.8 Å². The van der Waals surface area contributed by atoms with Gasteiger partial charge in [-0.25, -0.2) is 0 Å². The van der Waals surface area contributed by atoms with E-state index in [0.717, 1.165) is 22.6 Å². The second-order valence-electron chi connectivity index (χ2n) is 4.10. The first-order valence-corrected chi connectivity index (χ1v) is 5.67. The van der Waals surface area contributed by atoms with Crippen LogP contribution in [-0.2, 0) is 0 Å². The van der Waals surface area contributed by atoms with E-state index in [1.54, 1.807) is 0 Å². The summed E-state index contributed by atoms with van der Waals surface area (Å²) in [6, 6.07) is 6.00. The molecule has 1 heterocycles. The maximum atomic E-state index is 5.70. The number of anilines is 1. The van der Waals surface area contributed by atoms with E-state index < -0.39 is 0 Å². The van der Waals surface area contributed by atoms with Gasteiger partial charge in [-0.05, 0) is 38.0 Å². The minimum atomic E-state index is 0.488. The number of nitrogens with two attached hydrogens (primary N) is 1. The molecule has 3 N–H and O–H groups in total. The maximum absolute atomic E-state index is 5.70. The Hall–Kier alpha value is -1.97. The summed E-state index contributed by atoms with van der Waals surface area (Å²) in [5, 5.41) is 6.87. The molecule has 90 valence electrons. The van der Waals surface area contributed by atoms with Crippen LogP contribution in [0.15, 0.2) is 18.2 Å². The molecule has 2 aromatic rings. The van der Waals surface area contributed by atoms with Crippen LogP contribution in [0.2, 0.25) is 0 Å². The first kappa shape index (κ1) is 11.5. The number of nitrogen functional groups attached to an aromatic ring is 1. The number of H-pyrrole nitrogens is 1. The summed E-state index contributed by atoms with van der Waals surface area (Å²) < 4.78 is 5.70. The number of aromatic nitrogens is 2. The van der Waals surface area contributed by atoms with Crippen LogP contribution < -0.4 is 10.5 Å². The monoisotopic (exact) mass is 231 g/mol. The Morgan fingerprint density at radius 3 is 2.65 bits per heavy atom. The maximum Gasteiger partial charge on any atom is 0.145 e. The Bertz CT molecular complexity index is 531. The number of hydrogen-bond donors (Lipinski definition) is 2. The average Bonchev–Trinajstić information content (AvgIpc) is 2.68. The lowest BCUT2D eigenvalue weighted by Crippen LogP contribution is -1.97. The van der Waals surface area contributed by atoms with Gasteiger partial charge in [0.15, 0.2) is 0 Å². The highest BCUT2D eigenvalue weighted by atomic mass is 16.5. The normalized spacial score (nSPS) is 10.5. The Morgan fingerprint density at radius 2 is 2.06 bits per heavy atom. The fourth-order valence-electron chi connectivity index (χ4n) is 1.97. The highest BCUT2D eigenvalue weighted by Gasteiger charge is 2.12. The lowest BCUT2D eigenvalue weighted by atomic mass is 10.0. The molecule has 4 heteroatoms. The van der Waals surface area contributed by atoms with E-state index in [-0.39, 0.29) is 0 Å². The molecule has 0 spiro atoms. The lowest BCUT2D eigenvalue weighted by molar-refractivity contribution is 0.339. The molecule has 0 aliphatic rings. The van der Waals surface area contributed by atoms with Crippen molar-refractivity contribution in [3.63, 3.8) is 0 Å². The second kappa shape index (κ2) is 4.49. The molecule has 0 aliphatic carbocycles. The van der Waals surface area contributed by atoms with Crippen molar-refractivity contribution in [2.75, 3.05) is 12.3 Å². The van der Waals surface area contributed by atoms with Gasteiger partial charge in [-0.3, -0.25) is 5.10 Å². The molecule has 0 saturated carbocycles. The number of ether oxygens (including phenoxy) is 1. The Morgan fingerprint density at radius 1 is 1.29 bits per heavy atom. The number of aryl methyl sites for hydroxylation is 2. The standard InChI is InChI=1S/C13H17N3O/c1-4-17-13-9(3)5-8(2)6-10(13)11-7-12(14)16-15-11/h5-7H,4H2,1-3H3,(H3,14,15,16). The molecule has 4 nitrogen and oxygen atoms in total. The largest absolute Gasteiger partial charge is 0.493 e. The molecular formula is C13H17N3O. The zero-order valence-electron chi connectivity index (χ0n) is 10.4. The number of benzene rings is 1. The van der Waals surface area contributed by atoms with E-state index in [4.69, 9.17) is 10.5 Å². The number of nitrogens with zero attached hydrogens (tertiary/aromatic N) is 1. The van der Waals surface area contributed by atoms with E-state index in [1.165, 1.54) is 5.56 Å². The first-order valence-electron chi connectivity index (χ1n) is 5.67. The fraction of sp³-hybridized carbons (Fsp3) is 0.308. The van der Waals surface area contributed by atoms with Crippen LogP contribution in [0.25, 0.3) is 11.3 Å². The van der Waals surface area contributed by atoms with Crippen molar-refractivity contribution >= 4 is 5.82 Å². The van der Waals surface area contributed by atoms with Crippen LogP contribution in [0.3, 0.4) is 0 Å². The minimum absolute atomic E-state index is 0.488. The second-order valence-corrected chi connectivity index (χ2v) is 4.10. The predicted molar refractivity (Wildman–Crippen MR) is 69.1 cm³/mol. The summed E-state index contributed by atoms with van der Waals surface area (Å²) in [5.74, 6) is 1.38. The number of nitrogens with one attached hydrogen (secondary N) is 1. The van der Waals surface area contributed by atoms with Crippen LogP contribution >= 0.6 is 0 Å². The Labute approximate surface area is 101 Å². The Kier molecular flexibility index (Phi) is 3.04. The van der Waals surface area contributed by atoms with Crippen LogP contribution in [0.1, 0.15) is 18.1 Å². The Balaban J connectivity index is 2.58. The molecule has 0 amide bonds. The summed E-state index contributed by atoms with van der Waals surface area (Å²) in [7, 11) is 0. The highest BCUT2D eigenvalue weighted by molar-refractivity contribution is 5.71. The van der Waals surface area contributed by atoms with Gasteiger partial charge in [0.2, 0.25) is 0 Å². The van der Waals surface area contributed by atoms with Crippen LogP contribution in [0.5, 0.6) is 5.75 Å². The van der Waals surface area contributed by atoms with Gasteiger partial charge in [0.05, 0.1) is 12.3 Å². The van der Waals surface area contributed by atoms with Gasteiger partial charge in [-0.2, -0.15) is 5.10 Å².